The molecule has 5 aromatic rings. The molecule has 0 saturated carbocycles. The van der Waals surface area contributed by atoms with Crippen molar-refractivity contribution in [2.24, 2.45) is 0 Å². The van der Waals surface area contributed by atoms with Crippen molar-refractivity contribution in [3.63, 3.8) is 0 Å². The molecule has 0 aliphatic heterocycles. The summed E-state index contributed by atoms with van der Waals surface area (Å²) >= 11 is 0. The van der Waals surface area contributed by atoms with Gasteiger partial charge in [-0.05, 0) is 78.2 Å². The van der Waals surface area contributed by atoms with Crippen molar-refractivity contribution in [3.05, 3.63) is 145 Å². The predicted molar refractivity (Wildman–Crippen MR) is 174 cm³/mol. The Kier molecular flexibility index (Phi) is 9.99. The highest BCUT2D eigenvalue weighted by Crippen LogP contribution is 2.58. The first-order valence-electron chi connectivity index (χ1n) is 14.2. The Bertz CT molecular complexity index is 1520. The van der Waals surface area contributed by atoms with Crippen molar-refractivity contribution in [1.29, 1.82) is 0 Å². The van der Waals surface area contributed by atoms with Gasteiger partial charge in [0.2, 0.25) is 0 Å². The smallest absolute Gasteiger partial charge is 0.306 e. The lowest BCUT2D eigenvalue weighted by Gasteiger charge is -2.28. The fourth-order valence-corrected chi connectivity index (χ4v) is 9.48. The number of carbonyl (C=O) groups is 2. The molecule has 0 heterocycles. The second-order valence-electron chi connectivity index (χ2n) is 10.1. The van der Waals surface area contributed by atoms with E-state index in [0.29, 0.717) is 30.0 Å². The highest BCUT2D eigenvalue weighted by atomic mass is 31.2. The summed E-state index contributed by atoms with van der Waals surface area (Å²) in [6.07, 6.45) is 2.06. The van der Waals surface area contributed by atoms with Crippen LogP contribution in [0.4, 0.5) is 0 Å². The van der Waals surface area contributed by atoms with Crippen LogP contribution < -0.4 is 25.4 Å². The molecule has 43 heavy (non-hydrogen) atoms. The van der Waals surface area contributed by atoms with Gasteiger partial charge in [-0.3, -0.25) is 9.59 Å². The summed E-state index contributed by atoms with van der Waals surface area (Å²) in [7, 11) is -0.418. The van der Waals surface area contributed by atoms with Crippen molar-refractivity contribution in [2.45, 2.75) is 19.0 Å². The normalized spacial score (nSPS) is 11.0. The monoisotopic (exact) mass is 589 g/mol. The Labute approximate surface area is 253 Å². The minimum atomic E-state index is -2.02. The fraction of sp³-hybridized carbons (Fsp3) is 0.135. The van der Waals surface area contributed by atoms with Gasteiger partial charge in [-0.15, -0.1) is 0 Å². The van der Waals surface area contributed by atoms with Crippen LogP contribution >= 0.6 is 7.26 Å². The zero-order valence-electron chi connectivity index (χ0n) is 24.1. The lowest BCUT2D eigenvalue weighted by molar-refractivity contribution is -0.145. The standard InChI is InChI=1S/C37H34O5P/c1-40-35-23-19-29(20-24-37(39)41-26-25-38)27-36(35)42-31-21-17-30(18-22-31)28-43(32-11-5-2-6-12-32,33-13-7-3-8-14-33)34-15-9-4-10-16-34/h2-19,21-23,25,27H,20,24,26,28H2,1H3/q+1. The Morgan fingerprint density at radius 3 is 1.72 bits per heavy atom. The van der Waals surface area contributed by atoms with E-state index in [9.17, 15) is 9.59 Å². The van der Waals surface area contributed by atoms with Crippen LogP contribution in [0.15, 0.2) is 133 Å². The van der Waals surface area contributed by atoms with Gasteiger partial charge in [0.1, 0.15) is 35.5 Å². The van der Waals surface area contributed by atoms with Crippen LogP contribution in [-0.2, 0) is 26.9 Å². The molecule has 0 N–H and O–H groups in total. The Balaban J connectivity index is 1.42. The lowest BCUT2D eigenvalue weighted by atomic mass is 10.1. The molecule has 0 bridgehead atoms. The summed E-state index contributed by atoms with van der Waals surface area (Å²) in [5, 5.41) is 4.01. The van der Waals surface area contributed by atoms with Crippen LogP contribution in [-0.4, -0.2) is 26.0 Å². The number of ether oxygens (including phenoxy) is 3. The van der Waals surface area contributed by atoms with Gasteiger partial charge in [-0.25, -0.2) is 0 Å². The molecular formula is C37H34O5P+. The Hall–Kier alpha value is -4.73. The molecule has 6 heteroatoms. The van der Waals surface area contributed by atoms with Gasteiger partial charge in [0.05, 0.1) is 13.3 Å². The SMILES string of the molecule is COc1ccc(CCC(=O)OCC=O)cc1Oc1ccc(C[P+](c2ccccc2)(c2ccccc2)c2ccccc2)cc1. The number of benzene rings is 5. The molecule has 0 radical (unpaired) electrons. The minimum Gasteiger partial charge on any atom is -0.493 e. The molecule has 0 aliphatic rings. The van der Waals surface area contributed by atoms with Crippen molar-refractivity contribution >= 4 is 35.4 Å². The van der Waals surface area contributed by atoms with E-state index >= 15 is 0 Å². The first-order valence-corrected chi connectivity index (χ1v) is 16.2. The molecule has 216 valence electrons. The van der Waals surface area contributed by atoms with Gasteiger partial charge < -0.3 is 14.2 Å². The first-order chi connectivity index (χ1) is 21.1. The average Bonchev–Trinajstić information content (AvgIpc) is 3.07. The van der Waals surface area contributed by atoms with E-state index in [1.807, 2.05) is 30.3 Å². The van der Waals surface area contributed by atoms with E-state index < -0.39 is 13.2 Å². The summed E-state index contributed by atoms with van der Waals surface area (Å²) in [5.74, 6) is 1.43. The Morgan fingerprint density at radius 2 is 1.21 bits per heavy atom. The number of aryl methyl sites for hydroxylation is 1. The molecule has 5 nitrogen and oxygen atoms in total. The maximum atomic E-state index is 11.8. The largest absolute Gasteiger partial charge is 0.493 e. The van der Waals surface area contributed by atoms with E-state index in [1.54, 1.807) is 7.11 Å². The van der Waals surface area contributed by atoms with Crippen LogP contribution in [0.3, 0.4) is 0 Å². The molecule has 0 saturated heterocycles. The quantitative estimate of drug-likeness (QED) is 0.0874. The van der Waals surface area contributed by atoms with Crippen LogP contribution in [0, 0.1) is 0 Å². The second kappa shape index (κ2) is 14.4. The van der Waals surface area contributed by atoms with E-state index in [1.165, 1.54) is 21.5 Å². The zero-order chi connectivity index (χ0) is 29.9. The van der Waals surface area contributed by atoms with E-state index in [2.05, 4.69) is 103 Å². The van der Waals surface area contributed by atoms with Crippen LogP contribution in [0.5, 0.6) is 17.2 Å². The summed E-state index contributed by atoms with van der Waals surface area (Å²) in [6.45, 7) is -0.225. The number of aldehydes is 1. The minimum absolute atomic E-state index is 0.170. The molecule has 0 aromatic heterocycles. The number of hydrogen-bond donors (Lipinski definition) is 0. The molecule has 5 rings (SSSR count). The van der Waals surface area contributed by atoms with Gasteiger partial charge in [-0.2, -0.15) is 0 Å². The maximum Gasteiger partial charge on any atom is 0.306 e. The molecule has 0 atom stereocenters. The molecule has 0 amide bonds. The van der Waals surface area contributed by atoms with Gasteiger partial charge in [0.15, 0.2) is 17.8 Å². The van der Waals surface area contributed by atoms with Crippen molar-refractivity contribution < 1.29 is 23.8 Å². The van der Waals surface area contributed by atoms with Gasteiger partial charge in [-0.1, -0.05) is 72.8 Å². The number of esters is 1. The molecule has 0 aliphatic carbocycles. The van der Waals surface area contributed by atoms with Crippen LogP contribution in [0.1, 0.15) is 17.5 Å². The zero-order valence-corrected chi connectivity index (χ0v) is 25.0. The van der Waals surface area contributed by atoms with Crippen molar-refractivity contribution in [1.82, 2.24) is 0 Å². The topological polar surface area (TPSA) is 61.8 Å². The van der Waals surface area contributed by atoms with Gasteiger partial charge in [0.25, 0.3) is 0 Å². The predicted octanol–water partition coefficient (Wildman–Crippen LogP) is 6.66. The number of hydrogen-bond acceptors (Lipinski definition) is 5. The third-order valence-electron chi connectivity index (χ3n) is 7.32. The van der Waals surface area contributed by atoms with Gasteiger partial charge in [0, 0.05) is 6.42 Å². The van der Waals surface area contributed by atoms with Gasteiger partial charge >= 0.3 is 5.97 Å². The van der Waals surface area contributed by atoms with Crippen molar-refractivity contribution in [2.75, 3.05) is 13.7 Å². The van der Waals surface area contributed by atoms with Crippen LogP contribution in [0.25, 0.3) is 0 Å². The third kappa shape index (κ3) is 7.20. The number of carbonyl (C=O) groups excluding carboxylic acids is 2. The molecule has 0 spiro atoms. The third-order valence-corrected chi connectivity index (χ3v) is 11.7. The molecule has 5 aromatic carbocycles. The number of rotatable bonds is 13. The van der Waals surface area contributed by atoms with E-state index in [-0.39, 0.29) is 13.0 Å². The van der Waals surface area contributed by atoms with Crippen LogP contribution in [0.2, 0.25) is 0 Å². The molecular weight excluding hydrogens is 555 g/mol. The van der Waals surface area contributed by atoms with E-state index in [4.69, 9.17) is 14.2 Å². The average molecular weight is 590 g/mol. The number of methoxy groups -OCH3 is 1. The highest BCUT2D eigenvalue weighted by molar-refractivity contribution is 7.95. The maximum absolute atomic E-state index is 11.8. The highest BCUT2D eigenvalue weighted by Gasteiger charge is 2.45. The molecule has 0 unspecified atom stereocenters. The summed E-state index contributed by atoms with van der Waals surface area (Å²) in [4.78, 5) is 22.3. The summed E-state index contributed by atoms with van der Waals surface area (Å²) in [5.41, 5.74) is 2.12. The summed E-state index contributed by atoms with van der Waals surface area (Å²) in [6, 6.07) is 46.4. The fourth-order valence-electron chi connectivity index (χ4n) is 5.23. The second-order valence-corrected chi connectivity index (χ2v) is 13.5. The summed E-state index contributed by atoms with van der Waals surface area (Å²) < 4.78 is 16.7. The van der Waals surface area contributed by atoms with Crippen molar-refractivity contribution in [3.8, 4) is 17.2 Å². The first kappa shape index (κ1) is 29.8. The Morgan fingerprint density at radius 1 is 0.674 bits per heavy atom. The molecule has 0 fully saturated rings. The lowest BCUT2D eigenvalue weighted by Crippen LogP contribution is -2.32. The van der Waals surface area contributed by atoms with E-state index in [0.717, 1.165) is 11.7 Å².